The van der Waals surface area contributed by atoms with Crippen molar-refractivity contribution in [2.75, 3.05) is 7.05 Å². The molecule has 1 saturated heterocycles. The number of nitrogens with zero attached hydrogens (tertiary/aromatic N) is 1. The van der Waals surface area contributed by atoms with Crippen LogP contribution < -0.4 is 0 Å². The third-order valence-corrected chi connectivity index (χ3v) is 4.18. The minimum atomic E-state index is -0.281. The van der Waals surface area contributed by atoms with Gasteiger partial charge in [0.05, 0.1) is 5.54 Å². The number of likely N-dealkylation sites (N-methyl/N-ethyl adjacent to an activating group) is 1. The van der Waals surface area contributed by atoms with Crippen LogP contribution in [0.15, 0.2) is 12.2 Å². The van der Waals surface area contributed by atoms with E-state index in [1.165, 1.54) is 0 Å². The fourth-order valence-corrected chi connectivity index (χ4v) is 2.43. The lowest BCUT2D eigenvalue weighted by Crippen LogP contribution is -2.63. The van der Waals surface area contributed by atoms with Gasteiger partial charge in [0.1, 0.15) is 6.10 Å². The fourth-order valence-electron chi connectivity index (χ4n) is 2.43. The Morgan fingerprint density at radius 2 is 1.88 bits per heavy atom. The summed E-state index contributed by atoms with van der Waals surface area (Å²) in [5.74, 6) is -0.281. The second kappa shape index (κ2) is 4.45. The summed E-state index contributed by atoms with van der Waals surface area (Å²) in [5.41, 5.74) is 0.468. The van der Waals surface area contributed by atoms with Crippen molar-refractivity contribution in [1.82, 2.24) is 4.90 Å². The molecule has 0 radical (unpaired) electrons. The van der Waals surface area contributed by atoms with Crippen LogP contribution in [0.25, 0.3) is 0 Å². The number of rotatable bonds is 2. The van der Waals surface area contributed by atoms with Gasteiger partial charge in [-0.1, -0.05) is 6.58 Å². The first-order chi connectivity index (χ1) is 7.59. The number of ether oxygens (including phenoxy) is 1. The molecule has 1 aliphatic heterocycles. The maximum atomic E-state index is 11.6. The fraction of sp³-hybridized carbons (Fsp3) is 0.786. The Morgan fingerprint density at radius 1 is 1.35 bits per heavy atom. The SMILES string of the molecule is C=C(C)C(=O)OC1CCC(C)(C)N(C)C1(C)C. The van der Waals surface area contributed by atoms with Crippen molar-refractivity contribution in [2.45, 2.75) is 64.6 Å². The molecule has 1 unspecified atom stereocenters. The van der Waals surface area contributed by atoms with Gasteiger partial charge >= 0.3 is 5.97 Å². The molecule has 0 aromatic rings. The Hall–Kier alpha value is -0.830. The molecule has 1 fully saturated rings. The molecule has 1 heterocycles. The number of piperidine rings is 1. The monoisotopic (exact) mass is 239 g/mol. The van der Waals surface area contributed by atoms with Crippen molar-refractivity contribution >= 4 is 5.97 Å². The van der Waals surface area contributed by atoms with Gasteiger partial charge in [-0.15, -0.1) is 0 Å². The Bertz CT molecular complexity index is 331. The molecule has 3 nitrogen and oxygen atoms in total. The van der Waals surface area contributed by atoms with Crippen LogP contribution >= 0.6 is 0 Å². The second-order valence-electron chi connectivity index (χ2n) is 6.24. The molecule has 0 N–H and O–H groups in total. The smallest absolute Gasteiger partial charge is 0.333 e. The van der Waals surface area contributed by atoms with Gasteiger partial charge in [0, 0.05) is 11.1 Å². The van der Waals surface area contributed by atoms with Crippen LogP contribution in [0.4, 0.5) is 0 Å². The van der Waals surface area contributed by atoms with Crippen LogP contribution in [0.5, 0.6) is 0 Å². The van der Waals surface area contributed by atoms with E-state index in [1.807, 2.05) is 0 Å². The molecular formula is C14H25NO2. The topological polar surface area (TPSA) is 29.5 Å². The molecule has 0 spiro atoms. The van der Waals surface area contributed by atoms with Gasteiger partial charge in [-0.25, -0.2) is 4.79 Å². The van der Waals surface area contributed by atoms with Gasteiger partial charge in [0.15, 0.2) is 0 Å². The summed E-state index contributed by atoms with van der Waals surface area (Å²) in [7, 11) is 2.10. The highest BCUT2D eigenvalue weighted by Crippen LogP contribution is 2.38. The molecule has 17 heavy (non-hydrogen) atoms. The lowest BCUT2D eigenvalue weighted by atomic mass is 9.78. The molecule has 0 aromatic heterocycles. The zero-order valence-electron chi connectivity index (χ0n) is 12.0. The second-order valence-corrected chi connectivity index (χ2v) is 6.24. The largest absolute Gasteiger partial charge is 0.457 e. The minimum absolute atomic E-state index is 0.0651. The summed E-state index contributed by atoms with van der Waals surface area (Å²) in [5, 5.41) is 0. The lowest BCUT2D eigenvalue weighted by molar-refractivity contribution is -0.162. The molecule has 0 aliphatic carbocycles. The minimum Gasteiger partial charge on any atom is -0.457 e. The summed E-state index contributed by atoms with van der Waals surface area (Å²) in [6, 6.07) is 0. The van der Waals surface area contributed by atoms with E-state index in [4.69, 9.17) is 4.74 Å². The number of likely N-dealkylation sites (tertiary alicyclic amines) is 1. The van der Waals surface area contributed by atoms with E-state index in [9.17, 15) is 4.79 Å². The van der Waals surface area contributed by atoms with E-state index in [0.717, 1.165) is 12.8 Å². The van der Waals surface area contributed by atoms with Crippen molar-refractivity contribution in [3.05, 3.63) is 12.2 Å². The Kier molecular flexibility index (Phi) is 3.72. The molecule has 0 aromatic carbocycles. The zero-order chi connectivity index (χ0) is 13.4. The first kappa shape index (κ1) is 14.2. The maximum absolute atomic E-state index is 11.6. The predicted molar refractivity (Wildman–Crippen MR) is 69.8 cm³/mol. The highest BCUT2D eigenvalue weighted by atomic mass is 16.5. The first-order valence-electron chi connectivity index (χ1n) is 6.19. The summed E-state index contributed by atoms with van der Waals surface area (Å²) >= 11 is 0. The molecule has 0 bridgehead atoms. The van der Waals surface area contributed by atoms with Crippen molar-refractivity contribution in [3.63, 3.8) is 0 Å². The summed E-state index contributed by atoms with van der Waals surface area (Å²) in [6.07, 6.45) is 1.87. The number of esters is 1. The van der Waals surface area contributed by atoms with Crippen LogP contribution in [0.1, 0.15) is 47.5 Å². The van der Waals surface area contributed by atoms with Gasteiger partial charge in [0.25, 0.3) is 0 Å². The van der Waals surface area contributed by atoms with E-state index in [1.54, 1.807) is 6.92 Å². The Balaban J connectivity index is 2.83. The standard InChI is InChI=1S/C14H25NO2/c1-10(2)12(16)17-11-8-9-13(3,4)15(7)14(11,5)6/h11H,1,8-9H2,2-7H3. The summed E-state index contributed by atoms with van der Waals surface area (Å²) in [6.45, 7) is 14.0. The average Bonchev–Trinajstić information content (AvgIpc) is 2.20. The number of hydrogen-bond donors (Lipinski definition) is 0. The molecular weight excluding hydrogens is 214 g/mol. The van der Waals surface area contributed by atoms with E-state index < -0.39 is 0 Å². The molecule has 98 valence electrons. The Labute approximate surface area is 105 Å². The predicted octanol–water partition coefficient (Wildman–Crippen LogP) is 2.76. The van der Waals surface area contributed by atoms with Gasteiger partial charge in [0.2, 0.25) is 0 Å². The third kappa shape index (κ3) is 2.71. The van der Waals surface area contributed by atoms with Crippen LogP contribution in [0.2, 0.25) is 0 Å². The highest BCUT2D eigenvalue weighted by molar-refractivity contribution is 5.87. The zero-order valence-corrected chi connectivity index (χ0v) is 12.0. The normalized spacial score (nSPS) is 27.5. The molecule has 3 heteroatoms. The first-order valence-corrected chi connectivity index (χ1v) is 6.19. The van der Waals surface area contributed by atoms with Crippen molar-refractivity contribution in [2.24, 2.45) is 0 Å². The maximum Gasteiger partial charge on any atom is 0.333 e. The van der Waals surface area contributed by atoms with E-state index in [-0.39, 0.29) is 23.2 Å². The molecule has 0 saturated carbocycles. The third-order valence-electron chi connectivity index (χ3n) is 4.18. The van der Waals surface area contributed by atoms with Crippen LogP contribution in [-0.4, -0.2) is 35.1 Å². The number of hydrogen-bond acceptors (Lipinski definition) is 3. The summed E-state index contributed by atoms with van der Waals surface area (Å²) < 4.78 is 5.55. The number of carbonyl (C=O) groups is 1. The van der Waals surface area contributed by atoms with E-state index in [0.29, 0.717) is 5.57 Å². The molecule has 0 amide bonds. The highest BCUT2D eigenvalue weighted by Gasteiger charge is 2.46. The number of carbonyl (C=O) groups excluding carboxylic acids is 1. The van der Waals surface area contributed by atoms with Gasteiger partial charge in [-0.05, 0) is 54.5 Å². The molecule has 1 aliphatic rings. The van der Waals surface area contributed by atoms with E-state index >= 15 is 0 Å². The van der Waals surface area contributed by atoms with Crippen molar-refractivity contribution in [1.29, 1.82) is 0 Å². The quantitative estimate of drug-likeness (QED) is 0.548. The van der Waals surface area contributed by atoms with Crippen molar-refractivity contribution < 1.29 is 9.53 Å². The molecule has 1 rings (SSSR count). The van der Waals surface area contributed by atoms with Crippen LogP contribution in [0.3, 0.4) is 0 Å². The van der Waals surface area contributed by atoms with Crippen molar-refractivity contribution in [3.8, 4) is 0 Å². The van der Waals surface area contributed by atoms with Gasteiger partial charge < -0.3 is 4.74 Å². The Morgan fingerprint density at radius 3 is 2.35 bits per heavy atom. The summed E-state index contributed by atoms with van der Waals surface area (Å²) in [4.78, 5) is 13.9. The van der Waals surface area contributed by atoms with Gasteiger partial charge in [-0.3, -0.25) is 4.90 Å². The van der Waals surface area contributed by atoms with E-state index in [2.05, 4.69) is 46.2 Å². The van der Waals surface area contributed by atoms with Gasteiger partial charge in [-0.2, -0.15) is 0 Å². The lowest BCUT2D eigenvalue weighted by Gasteiger charge is -2.54. The van der Waals surface area contributed by atoms with Crippen LogP contribution in [-0.2, 0) is 9.53 Å². The average molecular weight is 239 g/mol. The molecule has 1 atom stereocenters. The van der Waals surface area contributed by atoms with Crippen LogP contribution in [0, 0.1) is 0 Å².